The van der Waals surface area contributed by atoms with E-state index >= 15 is 0 Å². The molecule has 5 heteroatoms. The standard InChI is InChI=1S/C16H15N3OS/c1-18(14-10-6-3-7-11-14)12-19-16(21)20-15(17-19)13-8-4-2-5-9-13/h2-11H,12H2,1H3. The van der Waals surface area contributed by atoms with Crippen LogP contribution in [0.15, 0.2) is 65.1 Å². The number of anilines is 1. The Hall–Kier alpha value is -2.40. The highest BCUT2D eigenvalue weighted by Crippen LogP contribution is 2.18. The molecule has 0 radical (unpaired) electrons. The summed E-state index contributed by atoms with van der Waals surface area (Å²) in [6, 6.07) is 19.8. The molecule has 0 atom stereocenters. The van der Waals surface area contributed by atoms with E-state index < -0.39 is 0 Å². The molecule has 0 N–H and O–H groups in total. The summed E-state index contributed by atoms with van der Waals surface area (Å²) in [5.41, 5.74) is 2.02. The molecular weight excluding hydrogens is 282 g/mol. The fraction of sp³-hybridized carbons (Fsp3) is 0.125. The molecule has 1 aromatic heterocycles. The second kappa shape index (κ2) is 5.93. The molecule has 0 saturated heterocycles. The lowest BCUT2D eigenvalue weighted by Gasteiger charge is -2.18. The van der Waals surface area contributed by atoms with Gasteiger partial charge in [0.2, 0.25) is 5.89 Å². The molecule has 0 aliphatic rings. The summed E-state index contributed by atoms with van der Waals surface area (Å²) in [7, 11) is 1.99. The van der Waals surface area contributed by atoms with Crippen LogP contribution in [0.5, 0.6) is 0 Å². The molecule has 0 aliphatic heterocycles. The Bertz CT molecular complexity index is 765. The Kier molecular flexibility index (Phi) is 3.83. The topological polar surface area (TPSA) is 34.2 Å². The number of aromatic nitrogens is 2. The molecule has 106 valence electrons. The average molecular weight is 297 g/mol. The van der Waals surface area contributed by atoms with Crippen molar-refractivity contribution >= 4 is 17.9 Å². The molecular formula is C16H15N3OS. The van der Waals surface area contributed by atoms with Crippen LogP contribution in [0.1, 0.15) is 0 Å². The van der Waals surface area contributed by atoms with E-state index in [2.05, 4.69) is 10.00 Å². The molecule has 4 nitrogen and oxygen atoms in total. The molecule has 0 bridgehead atoms. The van der Waals surface area contributed by atoms with Gasteiger partial charge in [-0.15, -0.1) is 5.10 Å². The zero-order chi connectivity index (χ0) is 14.7. The van der Waals surface area contributed by atoms with Crippen molar-refractivity contribution in [2.24, 2.45) is 0 Å². The van der Waals surface area contributed by atoms with Gasteiger partial charge in [-0.25, -0.2) is 4.68 Å². The summed E-state index contributed by atoms with van der Waals surface area (Å²) in [6.07, 6.45) is 0. The van der Waals surface area contributed by atoms with E-state index in [-0.39, 0.29) is 0 Å². The maximum atomic E-state index is 5.58. The van der Waals surface area contributed by atoms with Gasteiger partial charge in [0.05, 0.1) is 0 Å². The van der Waals surface area contributed by atoms with Crippen LogP contribution in [0, 0.1) is 4.84 Å². The SMILES string of the molecule is CN(Cn1nc(-c2ccccc2)oc1=S)c1ccccc1. The number of para-hydroxylation sites is 1. The van der Waals surface area contributed by atoms with Gasteiger partial charge < -0.3 is 9.32 Å². The Morgan fingerprint density at radius 3 is 2.33 bits per heavy atom. The van der Waals surface area contributed by atoms with Crippen molar-refractivity contribution in [2.75, 3.05) is 11.9 Å². The molecule has 0 spiro atoms. The van der Waals surface area contributed by atoms with E-state index in [0.717, 1.165) is 11.3 Å². The molecule has 2 aromatic carbocycles. The summed E-state index contributed by atoms with van der Waals surface area (Å²) in [6.45, 7) is 0.541. The molecule has 21 heavy (non-hydrogen) atoms. The number of hydrogen-bond donors (Lipinski definition) is 0. The lowest BCUT2D eigenvalue weighted by Crippen LogP contribution is -2.22. The summed E-state index contributed by atoms with van der Waals surface area (Å²) in [4.78, 5) is 2.43. The van der Waals surface area contributed by atoms with Crippen LogP contribution in [-0.4, -0.2) is 16.8 Å². The molecule has 0 amide bonds. The van der Waals surface area contributed by atoms with Crippen LogP contribution < -0.4 is 4.90 Å². The second-order valence-electron chi connectivity index (χ2n) is 4.71. The number of benzene rings is 2. The first-order valence-corrected chi connectivity index (χ1v) is 7.04. The van der Waals surface area contributed by atoms with Gasteiger partial charge in [0.1, 0.15) is 6.67 Å². The van der Waals surface area contributed by atoms with E-state index in [1.54, 1.807) is 4.68 Å². The highest BCUT2D eigenvalue weighted by molar-refractivity contribution is 7.71. The minimum atomic E-state index is 0.372. The maximum Gasteiger partial charge on any atom is 0.289 e. The monoisotopic (exact) mass is 297 g/mol. The predicted octanol–water partition coefficient (Wildman–Crippen LogP) is 3.97. The Morgan fingerprint density at radius 2 is 1.67 bits per heavy atom. The van der Waals surface area contributed by atoms with Gasteiger partial charge >= 0.3 is 0 Å². The zero-order valence-electron chi connectivity index (χ0n) is 11.6. The summed E-state index contributed by atoms with van der Waals surface area (Å²) in [5.74, 6) is 0.544. The number of rotatable bonds is 4. The van der Waals surface area contributed by atoms with Crippen molar-refractivity contribution in [1.82, 2.24) is 9.78 Å². The first-order valence-electron chi connectivity index (χ1n) is 6.63. The molecule has 0 saturated carbocycles. The van der Waals surface area contributed by atoms with Gasteiger partial charge in [-0.2, -0.15) is 0 Å². The molecule has 0 unspecified atom stereocenters. The van der Waals surface area contributed by atoms with E-state index in [0.29, 0.717) is 17.4 Å². The van der Waals surface area contributed by atoms with Crippen LogP contribution in [0.2, 0.25) is 0 Å². The Balaban J connectivity index is 1.84. The highest BCUT2D eigenvalue weighted by Gasteiger charge is 2.09. The smallest absolute Gasteiger partial charge is 0.289 e. The van der Waals surface area contributed by atoms with E-state index in [1.807, 2.05) is 67.7 Å². The third-order valence-corrected chi connectivity index (χ3v) is 3.46. The first kappa shape index (κ1) is 13.6. The van der Waals surface area contributed by atoms with E-state index in [4.69, 9.17) is 16.6 Å². The van der Waals surface area contributed by atoms with Gasteiger partial charge in [-0.3, -0.25) is 0 Å². The quantitative estimate of drug-likeness (QED) is 0.683. The van der Waals surface area contributed by atoms with Crippen LogP contribution >= 0.6 is 12.2 Å². The summed E-state index contributed by atoms with van der Waals surface area (Å²) < 4.78 is 7.26. The Labute approximate surface area is 128 Å². The van der Waals surface area contributed by atoms with Crippen molar-refractivity contribution < 1.29 is 4.42 Å². The molecule has 0 aliphatic carbocycles. The Morgan fingerprint density at radius 1 is 1.05 bits per heavy atom. The summed E-state index contributed by atoms with van der Waals surface area (Å²) in [5, 5.41) is 4.45. The lowest BCUT2D eigenvalue weighted by molar-refractivity contribution is 0.509. The molecule has 0 fully saturated rings. The third kappa shape index (κ3) is 3.03. The van der Waals surface area contributed by atoms with Gasteiger partial charge in [0.15, 0.2) is 0 Å². The van der Waals surface area contributed by atoms with Crippen LogP contribution in [0.3, 0.4) is 0 Å². The van der Waals surface area contributed by atoms with Gasteiger partial charge in [0, 0.05) is 18.3 Å². The van der Waals surface area contributed by atoms with Crippen molar-refractivity contribution in [2.45, 2.75) is 6.67 Å². The first-order chi connectivity index (χ1) is 10.2. The van der Waals surface area contributed by atoms with Crippen LogP contribution in [-0.2, 0) is 6.67 Å². The molecule has 3 aromatic rings. The second-order valence-corrected chi connectivity index (χ2v) is 5.06. The summed E-state index contributed by atoms with van der Waals surface area (Å²) >= 11 is 5.25. The van der Waals surface area contributed by atoms with Gasteiger partial charge in [-0.1, -0.05) is 36.4 Å². The third-order valence-electron chi connectivity index (χ3n) is 3.17. The van der Waals surface area contributed by atoms with Crippen molar-refractivity contribution in [3.8, 4) is 11.5 Å². The van der Waals surface area contributed by atoms with Crippen LogP contribution in [0.4, 0.5) is 5.69 Å². The highest BCUT2D eigenvalue weighted by atomic mass is 32.1. The number of nitrogens with zero attached hydrogens (tertiary/aromatic N) is 3. The fourth-order valence-corrected chi connectivity index (χ4v) is 2.24. The largest absolute Gasteiger partial charge is 0.409 e. The van der Waals surface area contributed by atoms with E-state index in [9.17, 15) is 0 Å². The zero-order valence-corrected chi connectivity index (χ0v) is 12.5. The van der Waals surface area contributed by atoms with Crippen molar-refractivity contribution in [3.63, 3.8) is 0 Å². The van der Waals surface area contributed by atoms with Crippen molar-refractivity contribution in [1.29, 1.82) is 0 Å². The minimum absolute atomic E-state index is 0.372. The van der Waals surface area contributed by atoms with Crippen LogP contribution in [0.25, 0.3) is 11.5 Å². The molecule has 3 rings (SSSR count). The number of hydrogen-bond acceptors (Lipinski definition) is 4. The fourth-order valence-electron chi connectivity index (χ4n) is 2.06. The van der Waals surface area contributed by atoms with E-state index in [1.165, 1.54) is 0 Å². The predicted molar refractivity (Wildman–Crippen MR) is 85.6 cm³/mol. The normalized spacial score (nSPS) is 10.5. The van der Waals surface area contributed by atoms with Crippen molar-refractivity contribution in [3.05, 3.63) is 65.5 Å². The van der Waals surface area contributed by atoms with Gasteiger partial charge in [-0.05, 0) is 36.5 Å². The van der Waals surface area contributed by atoms with Gasteiger partial charge in [0.25, 0.3) is 4.84 Å². The molecule has 1 heterocycles. The average Bonchev–Trinajstić information content (AvgIpc) is 2.90. The minimum Gasteiger partial charge on any atom is -0.409 e. The lowest BCUT2D eigenvalue weighted by atomic mass is 10.2. The maximum absolute atomic E-state index is 5.58.